The molecule has 192 valence electrons. The Morgan fingerprint density at radius 1 is 0.838 bits per heavy atom. The molecule has 0 saturated heterocycles. The number of rotatable bonds is 10. The first-order valence-corrected chi connectivity index (χ1v) is 13.3. The molecule has 0 bridgehead atoms. The van der Waals surface area contributed by atoms with Gasteiger partial charge in [0.05, 0.1) is 24.1 Å². The molecule has 0 amide bonds. The normalized spacial score (nSPS) is 11.4. The molecule has 0 atom stereocenters. The molecular weight excluding hydrogens is 484 g/mol. The van der Waals surface area contributed by atoms with Crippen molar-refractivity contribution in [3.63, 3.8) is 0 Å². The van der Waals surface area contributed by atoms with E-state index in [-0.39, 0.29) is 0 Å². The van der Waals surface area contributed by atoms with Crippen molar-refractivity contribution in [3.05, 3.63) is 88.9 Å². The van der Waals surface area contributed by atoms with Crippen LogP contribution in [0.2, 0.25) is 0 Å². The first-order valence-electron chi connectivity index (χ1n) is 12.1. The van der Waals surface area contributed by atoms with Crippen molar-refractivity contribution in [2.24, 2.45) is 0 Å². The summed E-state index contributed by atoms with van der Waals surface area (Å²) < 4.78 is 11.2. The second kappa shape index (κ2) is 11.7. The van der Waals surface area contributed by atoms with Gasteiger partial charge in [0.1, 0.15) is 18.2 Å². The van der Waals surface area contributed by atoms with Crippen LogP contribution >= 0.6 is 11.8 Å². The van der Waals surface area contributed by atoms with Crippen LogP contribution in [0.3, 0.4) is 0 Å². The lowest BCUT2D eigenvalue weighted by molar-refractivity contribution is 0.0786. The van der Waals surface area contributed by atoms with Crippen molar-refractivity contribution in [3.8, 4) is 23.0 Å². The van der Waals surface area contributed by atoms with Crippen molar-refractivity contribution in [1.29, 1.82) is 0 Å². The number of hydrogen-bond donors (Lipinski definition) is 1. The Hall–Kier alpha value is -3.49. The van der Waals surface area contributed by atoms with Crippen LogP contribution in [0.4, 0.5) is 0 Å². The van der Waals surface area contributed by atoms with Crippen molar-refractivity contribution >= 4 is 11.8 Å². The van der Waals surface area contributed by atoms with E-state index < -0.39 is 5.60 Å². The minimum atomic E-state index is -0.847. The van der Waals surface area contributed by atoms with E-state index in [2.05, 4.69) is 22.1 Å². The zero-order chi connectivity index (χ0) is 26.4. The third-order valence-corrected chi connectivity index (χ3v) is 6.44. The minimum Gasteiger partial charge on any atom is -0.497 e. The number of hydrogen-bond acceptors (Lipinski definition) is 8. The molecular formula is C29H32N4O3S. The Kier molecular flexibility index (Phi) is 8.41. The Morgan fingerprint density at radius 2 is 1.51 bits per heavy atom. The lowest BCUT2D eigenvalue weighted by Gasteiger charge is -2.17. The van der Waals surface area contributed by atoms with Crippen molar-refractivity contribution in [2.45, 2.75) is 51.0 Å². The molecule has 37 heavy (non-hydrogen) atoms. The third kappa shape index (κ3) is 7.27. The maximum atomic E-state index is 10.2. The van der Waals surface area contributed by atoms with Crippen LogP contribution in [0.25, 0.3) is 11.4 Å². The molecule has 0 aliphatic carbocycles. The van der Waals surface area contributed by atoms with Gasteiger partial charge in [-0.2, -0.15) is 4.98 Å². The molecule has 7 nitrogen and oxygen atoms in total. The smallest absolute Gasteiger partial charge is 0.217 e. The summed E-state index contributed by atoms with van der Waals surface area (Å²) in [6.45, 7) is 5.81. The Balaban J connectivity index is 1.51. The average Bonchev–Trinajstić information content (AvgIpc) is 2.90. The van der Waals surface area contributed by atoms with E-state index in [0.29, 0.717) is 29.2 Å². The molecule has 4 aromatic rings. The second-order valence-electron chi connectivity index (χ2n) is 9.26. The third-order valence-electron chi connectivity index (χ3n) is 5.89. The predicted molar refractivity (Wildman–Crippen MR) is 146 cm³/mol. The summed E-state index contributed by atoms with van der Waals surface area (Å²) in [6, 6.07) is 19.6. The number of methoxy groups -OCH3 is 1. The highest BCUT2D eigenvalue weighted by Crippen LogP contribution is 2.24. The largest absolute Gasteiger partial charge is 0.497 e. The number of aromatic nitrogens is 4. The number of aryl methyl sites for hydroxylation is 3. The van der Waals surface area contributed by atoms with E-state index in [1.165, 1.54) is 17.3 Å². The molecule has 0 aliphatic heterocycles. The number of ether oxygens (including phenoxy) is 2. The molecule has 2 aromatic heterocycles. The molecule has 4 rings (SSSR count). The summed E-state index contributed by atoms with van der Waals surface area (Å²) in [5, 5.41) is 10.9. The van der Waals surface area contributed by atoms with Gasteiger partial charge < -0.3 is 14.6 Å². The zero-order valence-corrected chi connectivity index (χ0v) is 22.7. The van der Waals surface area contributed by atoms with Crippen LogP contribution in [0, 0.1) is 6.92 Å². The Bertz CT molecular complexity index is 1340. The monoisotopic (exact) mass is 516 g/mol. The second-order valence-corrected chi connectivity index (χ2v) is 10.0. The van der Waals surface area contributed by atoms with E-state index in [4.69, 9.17) is 19.4 Å². The SMILES string of the molecule is COc1ccc(COc2cc(-c3cc(CCc4ccc(C(C)(C)O)cc4)nc(SC)n3)nc(C)n2)cc1. The van der Waals surface area contributed by atoms with E-state index >= 15 is 0 Å². The lowest BCUT2D eigenvalue weighted by Crippen LogP contribution is -2.15. The topological polar surface area (TPSA) is 90.2 Å². The quantitative estimate of drug-likeness (QED) is 0.216. The molecule has 2 heterocycles. The Labute approximate surface area is 222 Å². The average molecular weight is 517 g/mol. The summed E-state index contributed by atoms with van der Waals surface area (Å²) in [5.41, 5.74) is 4.64. The van der Waals surface area contributed by atoms with Gasteiger partial charge >= 0.3 is 0 Å². The van der Waals surface area contributed by atoms with Crippen LogP contribution in [-0.2, 0) is 25.0 Å². The standard InChI is InChI=1S/C29H32N4O3S/c1-19-30-26(17-27(31-19)36-18-21-9-14-24(35-4)15-10-21)25-16-23(32-28(33-25)37-5)13-8-20-6-11-22(12-7-20)29(2,3)34/h6-7,9-12,14-17,34H,8,13,18H2,1-5H3. The van der Waals surface area contributed by atoms with Crippen molar-refractivity contribution in [1.82, 2.24) is 19.9 Å². The van der Waals surface area contributed by atoms with Crippen LogP contribution in [0.1, 0.15) is 42.1 Å². The van der Waals surface area contributed by atoms with Gasteiger partial charge in [-0.25, -0.2) is 15.0 Å². The highest BCUT2D eigenvalue weighted by atomic mass is 32.2. The van der Waals surface area contributed by atoms with Crippen LogP contribution in [-0.4, -0.2) is 38.4 Å². The predicted octanol–water partition coefficient (Wildman–Crippen LogP) is 5.56. The van der Waals surface area contributed by atoms with E-state index in [1.54, 1.807) is 21.0 Å². The van der Waals surface area contributed by atoms with Crippen LogP contribution in [0.5, 0.6) is 11.6 Å². The maximum absolute atomic E-state index is 10.2. The van der Waals surface area contributed by atoms with Gasteiger partial charge in [0, 0.05) is 11.8 Å². The fourth-order valence-corrected chi connectivity index (χ4v) is 4.20. The summed E-state index contributed by atoms with van der Waals surface area (Å²) in [7, 11) is 1.65. The number of benzene rings is 2. The first-order chi connectivity index (χ1) is 17.7. The fourth-order valence-electron chi connectivity index (χ4n) is 3.80. The molecule has 0 unspecified atom stereocenters. The molecule has 0 saturated carbocycles. The van der Waals surface area contributed by atoms with Gasteiger partial charge in [0.2, 0.25) is 5.88 Å². The fraction of sp³-hybridized carbons (Fsp3) is 0.310. The van der Waals surface area contributed by atoms with Crippen molar-refractivity contribution in [2.75, 3.05) is 13.4 Å². The zero-order valence-electron chi connectivity index (χ0n) is 21.9. The maximum Gasteiger partial charge on any atom is 0.217 e. The molecule has 0 aliphatic rings. The number of nitrogens with zero attached hydrogens (tertiary/aromatic N) is 4. The number of aliphatic hydroxyl groups is 1. The molecule has 0 fully saturated rings. The van der Waals surface area contributed by atoms with E-state index in [0.717, 1.165) is 41.1 Å². The summed E-state index contributed by atoms with van der Waals surface area (Å²) in [5.74, 6) is 1.91. The van der Waals surface area contributed by atoms with Gasteiger partial charge in [0.15, 0.2) is 5.16 Å². The highest BCUT2D eigenvalue weighted by molar-refractivity contribution is 7.98. The molecule has 0 radical (unpaired) electrons. The van der Waals surface area contributed by atoms with Crippen LogP contribution in [0.15, 0.2) is 65.8 Å². The van der Waals surface area contributed by atoms with E-state index in [1.807, 2.05) is 61.7 Å². The van der Waals surface area contributed by atoms with Crippen LogP contribution < -0.4 is 9.47 Å². The molecule has 0 spiro atoms. The molecule has 8 heteroatoms. The summed E-state index contributed by atoms with van der Waals surface area (Å²) >= 11 is 1.50. The van der Waals surface area contributed by atoms with Gasteiger partial charge in [0.25, 0.3) is 0 Å². The number of thioether (sulfide) groups is 1. The first kappa shape index (κ1) is 26.6. The Morgan fingerprint density at radius 3 is 2.16 bits per heavy atom. The molecule has 2 aromatic carbocycles. The molecule has 1 N–H and O–H groups in total. The van der Waals surface area contributed by atoms with Gasteiger partial charge in [-0.3, -0.25) is 0 Å². The van der Waals surface area contributed by atoms with E-state index in [9.17, 15) is 5.11 Å². The summed E-state index contributed by atoms with van der Waals surface area (Å²) in [6.07, 6.45) is 3.55. The minimum absolute atomic E-state index is 0.386. The van der Waals surface area contributed by atoms with Gasteiger partial charge in [-0.05, 0) is 74.8 Å². The summed E-state index contributed by atoms with van der Waals surface area (Å²) in [4.78, 5) is 18.5. The highest BCUT2D eigenvalue weighted by Gasteiger charge is 2.15. The lowest BCUT2D eigenvalue weighted by atomic mass is 9.96. The van der Waals surface area contributed by atoms with Gasteiger partial charge in [-0.1, -0.05) is 48.2 Å². The van der Waals surface area contributed by atoms with Gasteiger partial charge in [-0.15, -0.1) is 0 Å². The van der Waals surface area contributed by atoms with Crippen molar-refractivity contribution < 1.29 is 14.6 Å².